The summed E-state index contributed by atoms with van der Waals surface area (Å²) in [5.41, 5.74) is 11.1. The van der Waals surface area contributed by atoms with Crippen LogP contribution in [0.3, 0.4) is 0 Å². The van der Waals surface area contributed by atoms with Gasteiger partial charge in [0.15, 0.2) is 5.88 Å². The van der Waals surface area contributed by atoms with Gasteiger partial charge in [0.25, 0.3) is 0 Å². The first-order valence-electron chi connectivity index (χ1n) is 10.5. The zero-order valence-corrected chi connectivity index (χ0v) is 18.4. The van der Waals surface area contributed by atoms with Crippen LogP contribution in [0.2, 0.25) is 5.02 Å². The fourth-order valence-electron chi connectivity index (χ4n) is 3.91. The molecule has 0 aliphatic carbocycles. The largest absolute Gasteiger partial charge is 0.494 e. The van der Waals surface area contributed by atoms with E-state index in [1.165, 1.54) is 0 Å². The molecule has 0 saturated carbocycles. The Balaban J connectivity index is 1.86. The van der Waals surface area contributed by atoms with Gasteiger partial charge in [0.1, 0.15) is 0 Å². The predicted molar refractivity (Wildman–Crippen MR) is 130 cm³/mol. The van der Waals surface area contributed by atoms with E-state index in [4.69, 9.17) is 22.3 Å². The first-order chi connectivity index (χ1) is 14.9. The lowest BCUT2D eigenvalue weighted by Gasteiger charge is -2.27. The Morgan fingerprint density at radius 2 is 1.68 bits per heavy atom. The van der Waals surface area contributed by atoms with E-state index in [-0.39, 0.29) is 11.4 Å². The first-order valence-corrected chi connectivity index (χ1v) is 10.9. The van der Waals surface area contributed by atoms with Crippen LogP contribution in [0.4, 0.5) is 5.69 Å². The van der Waals surface area contributed by atoms with Crippen LogP contribution in [0.25, 0.3) is 10.9 Å². The van der Waals surface area contributed by atoms with Gasteiger partial charge in [-0.2, -0.15) is 0 Å². The molecule has 0 radical (unpaired) electrons. The minimum atomic E-state index is -0.334. The summed E-state index contributed by atoms with van der Waals surface area (Å²) in [4.78, 5) is 7.96. The maximum Gasteiger partial charge on any atom is 0.199 e. The third-order valence-electron chi connectivity index (χ3n) is 5.97. The zero-order chi connectivity index (χ0) is 22.0. The van der Waals surface area contributed by atoms with Crippen molar-refractivity contribution in [2.45, 2.75) is 32.2 Å². The van der Waals surface area contributed by atoms with Gasteiger partial charge in [-0.25, -0.2) is 4.99 Å². The molecule has 4 rings (SSSR count). The molecule has 0 aliphatic rings. The molecule has 0 spiro atoms. The van der Waals surface area contributed by atoms with Gasteiger partial charge in [0.05, 0.1) is 22.5 Å². The quantitative estimate of drug-likeness (QED) is 0.298. The van der Waals surface area contributed by atoms with E-state index in [0.29, 0.717) is 16.3 Å². The number of fused-ring (bicyclic) bond motifs is 1. The van der Waals surface area contributed by atoms with Gasteiger partial charge in [-0.1, -0.05) is 74.0 Å². The van der Waals surface area contributed by atoms with Crippen LogP contribution in [0.1, 0.15) is 43.4 Å². The van der Waals surface area contributed by atoms with E-state index in [9.17, 15) is 5.11 Å². The van der Waals surface area contributed by atoms with Crippen LogP contribution < -0.4 is 5.73 Å². The summed E-state index contributed by atoms with van der Waals surface area (Å²) in [5, 5.41) is 12.2. The molecule has 4 N–H and O–H groups in total. The van der Waals surface area contributed by atoms with Crippen LogP contribution in [0, 0.1) is 0 Å². The molecule has 0 fully saturated rings. The number of nitrogens with two attached hydrogens (primary N) is 1. The summed E-state index contributed by atoms with van der Waals surface area (Å²) in [6.07, 6.45) is 1.74. The molecule has 31 heavy (non-hydrogen) atoms. The lowest BCUT2D eigenvalue weighted by Crippen LogP contribution is -2.34. The lowest BCUT2D eigenvalue weighted by atomic mass is 9.86. The van der Waals surface area contributed by atoms with E-state index < -0.39 is 0 Å². The Morgan fingerprint density at radius 1 is 1.00 bits per heavy atom. The van der Waals surface area contributed by atoms with Gasteiger partial charge in [-0.05, 0) is 42.7 Å². The molecule has 0 atom stereocenters. The summed E-state index contributed by atoms with van der Waals surface area (Å²) >= 11 is 6.14. The molecule has 3 aromatic carbocycles. The third-order valence-corrected chi connectivity index (χ3v) is 6.20. The average Bonchev–Trinajstić information content (AvgIpc) is 3.12. The Hall–Kier alpha value is -3.08. The second kappa shape index (κ2) is 8.58. The second-order valence-corrected chi connectivity index (χ2v) is 8.21. The minimum absolute atomic E-state index is 0.0643. The van der Waals surface area contributed by atoms with Crippen molar-refractivity contribution in [3.8, 4) is 5.88 Å². The summed E-state index contributed by atoms with van der Waals surface area (Å²) in [6, 6.07) is 23.4. The number of hydrogen-bond acceptors (Lipinski definition) is 3. The molecule has 0 aliphatic heterocycles. The Bertz CT molecular complexity index is 1220. The molecule has 4 nitrogen and oxygen atoms in total. The number of rotatable bonds is 6. The Morgan fingerprint density at radius 3 is 2.32 bits per heavy atom. The van der Waals surface area contributed by atoms with Gasteiger partial charge >= 0.3 is 0 Å². The number of aliphatic imine (C=N–C) groups is 1. The molecule has 5 heteroatoms. The minimum Gasteiger partial charge on any atom is -0.494 e. The summed E-state index contributed by atoms with van der Waals surface area (Å²) in [7, 11) is 0. The number of nitrogens with zero attached hydrogens (tertiary/aromatic N) is 1. The number of nitrogens with one attached hydrogen (secondary N) is 1. The highest BCUT2D eigenvalue weighted by atomic mass is 35.5. The molecule has 0 amide bonds. The number of halogens is 1. The number of aromatic nitrogens is 1. The summed E-state index contributed by atoms with van der Waals surface area (Å²) in [6.45, 7) is 4.21. The average molecular weight is 432 g/mol. The van der Waals surface area contributed by atoms with Gasteiger partial charge in [0.2, 0.25) is 0 Å². The SMILES string of the molecule is CCC(N)(CC)c1ccc(N=C(c2ccccc2)c2c(O)[nH]c3cc(Cl)ccc23)cc1. The Labute approximate surface area is 187 Å². The maximum absolute atomic E-state index is 10.8. The first kappa shape index (κ1) is 21.2. The normalized spacial score (nSPS) is 12.5. The van der Waals surface area contributed by atoms with E-state index in [1.807, 2.05) is 66.7 Å². The lowest BCUT2D eigenvalue weighted by molar-refractivity contribution is 0.413. The van der Waals surface area contributed by atoms with Crippen LogP contribution in [-0.4, -0.2) is 15.8 Å². The molecule has 4 aromatic rings. The molecule has 0 bridgehead atoms. The molecule has 0 unspecified atom stereocenters. The van der Waals surface area contributed by atoms with Gasteiger partial charge in [-0.15, -0.1) is 0 Å². The fourth-order valence-corrected chi connectivity index (χ4v) is 4.08. The summed E-state index contributed by atoms with van der Waals surface area (Å²) < 4.78 is 0. The van der Waals surface area contributed by atoms with Crippen molar-refractivity contribution < 1.29 is 5.11 Å². The number of hydrogen-bond donors (Lipinski definition) is 3. The monoisotopic (exact) mass is 431 g/mol. The molecular weight excluding hydrogens is 406 g/mol. The third kappa shape index (κ3) is 4.09. The number of H-pyrrole nitrogens is 1. The molecule has 1 heterocycles. The van der Waals surface area contributed by atoms with Gasteiger partial charge in [0, 0.05) is 21.5 Å². The standard InChI is InChI=1S/C26H26ClN3O/c1-3-26(28,4-2)18-10-13-20(14-11-18)29-24(17-8-6-5-7-9-17)23-21-15-12-19(27)16-22(21)30-25(23)31/h5-16,30-31H,3-4,28H2,1-2H3. The number of aromatic hydroxyl groups is 1. The van der Waals surface area contributed by atoms with Crippen molar-refractivity contribution >= 4 is 33.9 Å². The topological polar surface area (TPSA) is 74.4 Å². The van der Waals surface area contributed by atoms with Crippen molar-refractivity contribution in [2.24, 2.45) is 10.7 Å². The molecule has 0 saturated heterocycles. The second-order valence-electron chi connectivity index (χ2n) is 7.78. The van der Waals surface area contributed by atoms with E-state index in [2.05, 4.69) is 18.8 Å². The fraction of sp³-hybridized carbons (Fsp3) is 0.192. The zero-order valence-electron chi connectivity index (χ0n) is 17.7. The van der Waals surface area contributed by atoms with E-state index in [1.54, 1.807) is 6.07 Å². The molecule has 1 aromatic heterocycles. The summed E-state index contributed by atoms with van der Waals surface area (Å²) in [5.74, 6) is 0.0643. The van der Waals surface area contributed by atoms with Crippen LogP contribution in [0.15, 0.2) is 77.8 Å². The van der Waals surface area contributed by atoms with Crippen LogP contribution in [-0.2, 0) is 5.54 Å². The van der Waals surface area contributed by atoms with Crippen LogP contribution in [0.5, 0.6) is 5.88 Å². The molecular formula is C26H26ClN3O. The maximum atomic E-state index is 10.8. The van der Waals surface area contributed by atoms with Crippen molar-refractivity contribution in [3.05, 3.63) is 94.5 Å². The highest BCUT2D eigenvalue weighted by Crippen LogP contribution is 2.33. The van der Waals surface area contributed by atoms with E-state index in [0.717, 1.165) is 40.6 Å². The number of benzene rings is 3. The highest BCUT2D eigenvalue weighted by Gasteiger charge is 2.23. The molecule has 158 valence electrons. The van der Waals surface area contributed by atoms with Crippen molar-refractivity contribution in [2.75, 3.05) is 0 Å². The predicted octanol–water partition coefficient (Wildman–Crippen LogP) is 6.67. The highest BCUT2D eigenvalue weighted by molar-refractivity contribution is 6.31. The number of aromatic amines is 1. The smallest absolute Gasteiger partial charge is 0.199 e. The van der Waals surface area contributed by atoms with Gasteiger partial charge in [-0.3, -0.25) is 0 Å². The van der Waals surface area contributed by atoms with Crippen molar-refractivity contribution in [1.82, 2.24) is 4.98 Å². The van der Waals surface area contributed by atoms with Crippen molar-refractivity contribution in [3.63, 3.8) is 0 Å². The van der Waals surface area contributed by atoms with Crippen LogP contribution >= 0.6 is 11.6 Å². The Kier molecular flexibility index (Phi) is 5.86. The van der Waals surface area contributed by atoms with Crippen molar-refractivity contribution in [1.29, 1.82) is 0 Å². The van der Waals surface area contributed by atoms with E-state index >= 15 is 0 Å². The van der Waals surface area contributed by atoms with Gasteiger partial charge < -0.3 is 15.8 Å².